The predicted molar refractivity (Wildman–Crippen MR) is 134 cm³/mol. The molecule has 35 heavy (non-hydrogen) atoms. The lowest BCUT2D eigenvalue weighted by molar-refractivity contribution is -0.126. The predicted octanol–water partition coefficient (Wildman–Crippen LogP) is 3.09. The number of benzene rings is 2. The van der Waals surface area contributed by atoms with E-state index >= 15 is 0 Å². The highest BCUT2D eigenvalue weighted by atomic mass is 16.5. The van der Waals surface area contributed by atoms with Gasteiger partial charge in [-0.3, -0.25) is 14.5 Å². The summed E-state index contributed by atoms with van der Waals surface area (Å²) in [4.78, 5) is 29.7. The molecule has 2 fully saturated rings. The lowest BCUT2D eigenvalue weighted by Gasteiger charge is -2.32. The zero-order valence-corrected chi connectivity index (χ0v) is 20.8. The van der Waals surface area contributed by atoms with Crippen molar-refractivity contribution in [2.45, 2.75) is 25.8 Å². The molecule has 4 rings (SSSR count). The van der Waals surface area contributed by atoms with Gasteiger partial charge in [0.15, 0.2) is 0 Å². The van der Waals surface area contributed by atoms with Gasteiger partial charge < -0.3 is 24.4 Å². The molecular formula is C27H35N3O5. The lowest BCUT2D eigenvalue weighted by Crippen LogP contribution is -2.40. The molecule has 2 aromatic carbocycles. The van der Waals surface area contributed by atoms with Crippen LogP contribution in [0.4, 0.5) is 5.69 Å². The minimum atomic E-state index is -0.367. The van der Waals surface area contributed by atoms with Crippen LogP contribution in [0.25, 0.3) is 0 Å². The molecule has 0 spiro atoms. The Morgan fingerprint density at radius 3 is 2.31 bits per heavy atom. The average Bonchev–Trinajstić information content (AvgIpc) is 3.29. The molecule has 0 bridgehead atoms. The summed E-state index contributed by atoms with van der Waals surface area (Å²) in [5, 5.41) is 3.11. The molecule has 2 amide bonds. The fourth-order valence-corrected chi connectivity index (χ4v) is 4.85. The van der Waals surface area contributed by atoms with Gasteiger partial charge in [-0.15, -0.1) is 0 Å². The molecule has 0 aromatic heterocycles. The quantitative estimate of drug-likeness (QED) is 0.593. The number of likely N-dealkylation sites (tertiary alicyclic amines) is 1. The second-order valence-corrected chi connectivity index (χ2v) is 9.26. The van der Waals surface area contributed by atoms with Gasteiger partial charge in [-0.05, 0) is 61.7 Å². The van der Waals surface area contributed by atoms with Crippen LogP contribution in [0.15, 0.2) is 42.5 Å². The molecule has 0 saturated carbocycles. The molecule has 8 heteroatoms. The smallest absolute Gasteiger partial charge is 0.227 e. The van der Waals surface area contributed by atoms with Crippen molar-refractivity contribution in [3.8, 4) is 17.2 Å². The number of amides is 2. The third-order valence-electron chi connectivity index (χ3n) is 7.01. The first-order chi connectivity index (χ1) is 17.0. The minimum Gasteiger partial charge on any atom is -0.497 e. The van der Waals surface area contributed by atoms with Crippen molar-refractivity contribution in [3.63, 3.8) is 0 Å². The molecule has 2 aliphatic heterocycles. The fourth-order valence-electron chi connectivity index (χ4n) is 4.85. The first-order valence-electron chi connectivity index (χ1n) is 12.2. The number of ether oxygens (including phenoxy) is 3. The van der Waals surface area contributed by atoms with E-state index in [1.54, 1.807) is 44.4 Å². The van der Waals surface area contributed by atoms with E-state index in [-0.39, 0.29) is 24.2 Å². The Morgan fingerprint density at radius 2 is 1.66 bits per heavy atom. The van der Waals surface area contributed by atoms with Gasteiger partial charge in [0.25, 0.3) is 0 Å². The van der Waals surface area contributed by atoms with E-state index in [1.165, 1.54) is 5.56 Å². The number of methoxy groups -OCH3 is 3. The van der Waals surface area contributed by atoms with Crippen LogP contribution >= 0.6 is 0 Å². The standard InChI is InChI=1S/C27H35N3O5/c1-33-22-6-4-20(5-7-22)17-29-12-10-19(11-13-29)16-28-27(32)21-14-26(31)30(18-21)24-15-23(34-2)8-9-25(24)35-3/h4-9,15,19,21H,10-14,16-18H2,1-3H3,(H,28,32). The van der Waals surface area contributed by atoms with Crippen LogP contribution in [0.5, 0.6) is 17.2 Å². The van der Waals surface area contributed by atoms with E-state index in [1.807, 2.05) is 12.1 Å². The lowest BCUT2D eigenvalue weighted by atomic mass is 9.96. The number of hydrogen-bond donors (Lipinski definition) is 1. The molecule has 2 saturated heterocycles. The van der Waals surface area contributed by atoms with Crippen LogP contribution < -0.4 is 24.4 Å². The van der Waals surface area contributed by atoms with Crippen molar-refractivity contribution in [3.05, 3.63) is 48.0 Å². The molecule has 188 valence electrons. The fraction of sp³-hybridized carbons (Fsp3) is 0.481. The monoisotopic (exact) mass is 481 g/mol. The van der Waals surface area contributed by atoms with E-state index in [0.29, 0.717) is 36.2 Å². The summed E-state index contributed by atoms with van der Waals surface area (Å²) in [6.07, 6.45) is 2.30. The van der Waals surface area contributed by atoms with Crippen molar-refractivity contribution < 1.29 is 23.8 Å². The van der Waals surface area contributed by atoms with Gasteiger partial charge in [0, 0.05) is 32.1 Å². The molecule has 8 nitrogen and oxygen atoms in total. The highest BCUT2D eigenvalue weighted by molar-refractivity contribution is 6.01. The topological polar surface area (TPSA) is 80.3 Å². The number of nitrogens with one attached hydrogen (secondary N) is 1. The van der Waals surface area contributed by atoms with Crippen molar-refractivity contribution in [1.82, 2.24) is 10.2 Å². The highest BCUT2D eigenvalue weighted by Crippen LogP contribution is 2.36. The Morgan fingerprint density at radius 1 is 0.971 bits per heavy atom. The largest absolute Gasteiger partial charge is 0.497 e. The summed E-state index contributed by atoms with van der Waals surface area (Å²) >= 11 is 0. The van der Waals surface area contributed by atoms with E-state index < -0.39 is 0 Å². The number of anilines is 1. The van der Waals surface area contributed by atoms with Gasteiger partial charge in [-0.2, -0.15) is 0 Å². The molecule has 1 N–H and O–H groups in total. The van der Waals surface area contributed by atoms with Gasteiger partial charge in [0.05, 0.1) is 32.9 Å². The summed E-state index contributed by atoms with van der Waals surface area (Å²) in [6, 6.07) is 13.5. The van der Waals surface area contributed by atoms with Gasteiger partial charge in [-0.1, -0.05) is 12.1 Å². The Bertz CT molecular complexity index is 1020. The number of carbonyl (C=O) groups is 2. The van der Waals surface area contributed by atoms with Crippen LogP contribution in [0, 0.1) is 11.8 Å². The van der Waals surface area contributed by atoms with E-state index in [0.717, 1.165) is 38.2 Å². The second kappa shape index (κ2) is 11.4. The molecule has 2 aromatic rings. The Balaban J connectivity index is 1.24. The molecule has 0 aliphatic carbocycles. The van der Waals surface area contributed by atoms with Gasteiger partial charge >= 0.3 is 0 Å². The van der Waals surface area contributed by atoms with Crippen molar-refractivity contribution in [2.24, 2.45) is 11.8 Å². The van der Waals surface area contributed by atoms with Crippen LogP contribution in [-0.4, -0.2) is 64.2 Å². The molecule has 1 unspecified atom stereocenters. The summed E-state index contributed by atoms with van der Waals surface area (Å²) in [5.74, 6) is 2.05. The van der Waals surface area contributed by atoms with Gasteiger partial charge in [0.1, 0.15) is 17.2 Å². The number of nitrogens with zero attached hydrogens (tertiary/aromatic N) is 2. The SMILES string of the molecule is COc1ccc(CN2CCC(CNC(=O)C3CC(=O)N(c4cc(OC)ccc4OC)C3)CC2)cc1. The first-order valence-corrected chi connectivity index (χ1v) is 12.2. The normalized spacial score (nSPS) is 19.0. The summed E-state index contributed by atoms with van der Waals surface area (Å²) < 4.78 is 16.0. The number of rotatable bonds is 9. The Hall–Kier alpha value is -3.26. The van der Waals surface area contributed by atoms with Gasteiger partial charge in [0.2, 0.25) is 11.8 Å². The third-order valence-corrected chi connectivity index (χ3v) is 7.01. The zero-order valence-electron chi connectivity index (χ0n) is 20.8. The highest BCUT2D eigenvalue weighted by Gasteiger charge is 2.36. The molecule has 2 aliphatic rings. The molecule has 1 atom stereocenters. The third kappa shape index (κ3) is 6.06. The maximum absolute atomic E-state index is 12.9. The van der Waals surface area contributed by atoms with E-state index in [2.05, 4.69) is 22.3 Å². The maximum Gasteiger partial charge on any atom is 0.227 e. The van der Waals surface area contributed by atoms with E-state index in [9.17, 15) is 9.59 Å². The van der Waals surface area contributed by atoms with Crippen LogP contribution in [0.1, 0.15) is 24.8 Å². The Kier molecular flexibility index (Phi) is 8.13. The first kappa shape index (κ1) is 24.9. The second-order valence-electron chi connectivity index (χ2n) is 9.26. The number of piperidine rings is 1. The van der Waals surface area contributed by atoms with Gasteiger partial charge in [-0.25, -0.2) is 0 Å². The number of carbonyl (C=O) groups excluding carboxylic acids is 2. The summed E-state index contributed by atoms with van der Waals surface area (Å²) in [7, 11) is 4.83. The number of hydrogen-bond acceptors (Lipinski definition) is 6. The molecule has 0 radical (unpaired) electrons. The summed E-state index contributed by atoms with van der Waals surface area (Å²) in [6.45, 7) is 3.95. The van der Waals surface area contributed by atoms with Crippen LogP contribution in [0.2, 0.25) is 0 Å². The summed E-state index contributed by atoms with van der Waals surface area (Å²) in [5.41, 5.74) is 1.91. The molecular weight excluding hydrogens is 446 g/mol. The minimum absolute atomic E-state index is 0.0524. The van der Waals surface area contributed by atoms with Crippen molar-refractivity contribution >= 4 is 17.5 Å². The zero-order chi connectivity index (χ0) is 24.8. The maximum atomic E-state index is 12.9. The van der Waals surface area contributed by atoms with Crippen molar-refractivity contribution in [1.29, 1.82) is 0 Å². The van der Waals surface area contributed by atoms with Crippen LogP contribution in [-0.2, 0) is 16.1 Å². The Labute approximate surface area is 207 Å². The van der Waals surface area contributed by atoms with Crippen molar-refractivity contribution in [2.75, 3.05) is 52.4 Å². The van der Waals surface area contributed by atoms with Crippen LogP contribution in [0.3, 0.4) is 0 Å². The molecule has 2 heterocycles. The average molecular weight is 482 g/mol. The van der Waals surface area contributed by atoms with E-state index in [4.69, 9.17) is 14.2 Å².